The van der Waals surface area contributed by atoms with Crippen LogP contribution in [0.4, 0.5) is 0 Å². The monoisotopic (exact) mass is 237 g/mol. The number of hydrogen-bond acceptors (Lipinski definition) is 3. The van der Waals surface area contributed by atoms with Gasteiger partial charge in [-0.1, -0.05) is 18.2 Å². The molecule has 0 fully saturated rings. The molecule has 1 aromatic carbocycles. The molecule has 96 valence electrons. The van der Waals surface area contributed by atoms with E-state index in [1.165, 1.54) is 0 Å². The van der Waals surface area contributed by atoms with Gasteiger partial charge in [-0.15, -0.1) is 0 Å². The zero-order valence-electron chi connectivity index (χ0n) is 11.4. The quantitative estimate of drug-likeness (QED) is 0.853. The lowest BCUT2D eigenvalue weighted by Gasteiger charge is -2.22. The molecule has 0 aliphatic heterocycles. The Morgan fingerprint density at radius 1 is 1.29 bits per heavy atom. The molecule has 1 aromatic rings. The van der Waals surface area contributed by atoms with Crippen molar-refractivity contribution in [2.24, 2.45) is 0 Å². The molecule has 1 unspecified atom stereocenters. The van der Waals surface area contributed by atoms with Gasteiger partial charge < -0.3 is 14.7 Å². The first-order valence-corrected chi connectivity index (χ1v) is 6.00. The van der Waals surface area contributed by atoms with Crippen molar-refractivity contribution in [3.63, 3.8) is 0 Å². The number of hydrogen-bond donors (Lipinski definition) is 1. The summed E-state index contributed by atoms with van der Waals surface area (Å²) in [6.45, 7) is 6.59. The lowest BCUT2D eigenvalue weighted by molar-refractivity contribution is 0.131. The number of aliphatic hydroxyl groups excluding tert-OH is 1. The van der Waals surface area contributed by atoms with Crippen molar-refractivity contribution in [2.45, 2.75) is 33.0 Å². The first-order valence-electron chi connectivity index (χ1n) is 6.00. The zero-order valence-corrected chi connectivity index (χ0v) is 11.4. The van der Waals surface area contributed by atoms with Gasteiger partial charge >= 0.3 is 0 Å². The number of benzene rings is 1. The maximum absolute atomic E-state index is 10.2. The number of aryl methyl sites for hydroxylation is 1. The molecule has 17 heavy (non-hydrogen) atoms. The van der Waals surface area contributed by atoms with Gasteiger partial charge in [0, 0.05) is 12.1 Å². The van der Waals surface area contributed by atoms with Crippen molar-refractivity contribution in [3.8, 4) is 5.75 Å². The molecule has 0 saturated heterocycles. The van der Waals surface area contributed by atoms with Crippen LogP contribution in [0.3, 0.4) is 0 Å². The highest BCUT2D eigenvalue weighted by Crippen LogP contribution is 2.29. The average molecular weight is 237 g/mol. The molecule has 0 heterocycles. The predicted molar refractivity (Wildman–Crippen MR) is 70.5 cm³/mol. The van der Waals surface area contributed by atoms with Gasteiger partial charge in [0.15, 0.2) is 0 Å². The Morgan fingerprint density at radius 3 is 2.47 bits per heavy atom. The predicted octanol–water partition coefficient (Wildman–Crippen LogP) is 2.38. The van der Waals surface area contributed by atoms with E-state index in [-0.39, 0.29) is 6.10 Å². The van der Waals surface area contributed by atoms with Gasteiger partial charge in [-0.2, -0.15) is 0 Å². The maximum atomic E-state index is 10.2. The van der Waals surface area contributed by atoms with Crippen molar-refractivity contribution < 1.29 is 9.84 Å². The highest BCUT2D eigenvalue weighted by atomic mass is 16.5. The van der Waals surface area contributed by atoms with E-state index < -0.39 is 6.10 Å². The van der Waals surface area contributed by atoms with Crippen LogP contribution in [0.2, 0.25) is 0 Å². The van der Waals surface area contributed by atoms with Crippen LogP contribution >= 0.6 is 0 Å². The van der Waals surface area contributed by atoms with E-state index in [1.807, 2.05) is 58.0 Å². The molecule has 1 rings (SSSR count). The minimum absolute atomic E-state index is 0.112. The van der Waals surface area contributed by atoms with E-state index in [1.54, 1.807) is 0 Å². The molecule has 0 spiro atoms. The number of aliphatic hydroxyl groups is 1. The number of para-hydroxylation sites is 1. The average Bonchev–Trinajstić information content (AvgIpc) is 2.19. The molecule has 0 bridgehead atoms. The third-order valence-corrected chi connectivity index (χ3v) is 2.49. The largest absolute Gasteiger partial charge is 0.490 e. The van der Waals surface area contributed by atoms with Crippen LogP contribution in [0.5, 0.6) is 5.75 Å². The highest BCUT2D eigenvalue weighted by molar-refractivity contribution is 5.42. The Labute approximate surface area is 104 Å². The Kier molecular flexibility index (Phi) is 4.97. The molecule has 0 aliphatic rings. The molecule has 0 aromatic heterocycles. The van der Waals surface area contributed by atoms with E-state index in [0.717, 1.165) is 16.9 Å². The smallest absolute Gasteiger partial charge is 0.128 e. The lowest BCUT2D eigenvalue weighted by Crippen LogP contribution is -2.21. The fourth-order valence-corrected chi connectivity index (χ4v) is 1.78. The number of ether oxygens (including phenoxy) is 1. The molecular weight excluding hydrogens is 214 g/mol. The molecule has 0 amide bonds. The van der Waals surface area contributed by atoms with Gasteiger partial charge in [-0.25, -0.2) is 0 Å². The van der Waals surface area contributed by atoms with Crippen LogP contribution < -0.4 is 4.74 Å². The fourth-order valence-electron chi connectivity index (χ4n) is 1.78. The second-order valence-electron chi connectivity index (χ2n) is 4.94. The second kappa shape index (κ2) is 6.03. The summed E-state index contributed by atoms with van der Waals surface area (Å²) in [5, 5.41) is 10.2. The molecule has 0 radical (unpaired) electrons. The van der Waals surface area contributed by atoms with Crippen LogP contribution in [-0.4, -0.2) is 36.8 Å². The Morgan fingerprint density at radius 2 is 1.94 bits per heavy atom. The third-order valence-electron chi connectivity index (χ3n) is 2.49. The standard InChI is InChI=1S/C14H23NO2/c1-10(2)17-14-11(3)7-6-8-12(14)13(16)9-15(4)5/h6-8,10,13,16H,9H2,1-5H3. The normalized spacial score (nSPS) is 13.2. The van der Waals surface area contributed by atoms with Crippen LogP contribution in [0.25, 0.3) is 0 Å². The van der Waals surface area contributed by atoms with E-state index >= 15 is 0 Å². The minimum Gasteiger partial charge on any atom is -0.490 e. The highest BCUT2D eigenvalue weighted by Gasteiger charge is 2.16. The lowest BCUT2D eigenvalue weighted by atomic mass is 10.0. The van der Waals surface area contributed by atoms with E-state index in [0.29, 0.717) is 6.54 Å². The van der Waals surface area contributed by atoms with E-state index in [4.69, 9.17) is 4.74 Å². The molecule has 3 heteroatoms. The van der Waals surface area contributed by atoms with Gasteiger partial charge in [-0.05, 0) is 40.4 Å². The van der Waals surface area contributed by atoms with Crippen molar-refractivity contribution in [1.82, 2.24) is 4.90 Å². The first-order chi connectivity index (χ1) is 7.91. The van der Waals surface area contributed by atoms with Crippen molar-refractivity contribution >= 4 is 0 Å². The summed E-state index contributed by atoms with van der Waals surface area (Å²) in [6, 6.07) is 5.89. The second-order valence-corrected chi connectivity index (χ2v) is 4.94. The maximum Gasteiger partial charge on any atom is 0.128 e. The van der Waals surface area contributed by atoms with Gasteiger partial charge in [0.25, 0.3) is 0 Å². The molecule has 0 saturated carbocycles. The Hall–Kier alpha value is -1.06. The Bertz CT molecular complexity index is 361. The molecule has 3 nitrogen and oxygen atoms in total. The first kappa shape index (κ1) is 14.0. The SMILES string of the molecule is Cc1cccc(C(O)CN(C)C)c1OC(C)C. The van der Waals surface area contributed by atoms with Gasteiger partial charge in [-0.3, -0.25) is 0 Å². The molecule has 1 N–H and O–H groups in total. The van der Waals surface area contributed by atoms with Gasteiger partial charge in [0.05, 0.1) is 12.2 Å². The topological polar surface area (TPSA) is 32.7 Å². The van der Waals surface area contributed by atoms with Crippen LogP contribution in [0, 0.1) is 6.92 Å². The van der Waals surface area contributed by atoms with Crippen LogP contribution in [0.15, 0.2) is 18.2 Å². The molecule has 1 atom stereocenters. The number of likely N-dealkylation sites (N-methyl/N-ethyl adjacent to an activating group) is 1. The van der Waals surface area contributed by atoms with Crippen LogP contribution in [0.1, 0.15) is 31.1 Å². The minimum atomic E-state index is -0.515. The number of rotatable bonds is 5. The van der Waals surface area contributed by atoms with E-state index in [2.05, 4.69) is 0 Å². The zero-order chi connectivity index (χ0) is 13.0. The summed E-state index contributed by atoms with van der Waals surface area (Å²) in [6.07, 6.45) is -0.403. The number of nitrogens with zero attached hydrogens (tertiary/aromatic N) is 1. The summed E-state index contributed by atoms with van der Waals surface area (Å²) in [7, 11) is 3.89. The summed E-state index contributed by atoms with van der Waals surface area (Å²) in [5.74, 6) is 0.817. The third kappa shape index (κ3) is 4.02. The van der Waals surface area contributed by atoms with Crippen molar-refractivity contribution in [2.75, 3.05) is 20.6 Å². The van der Waals surface area contributed by atoms with Crippen molar-refractivity contribution in [1.29, 1.82) is 0 Å². The summed E-state index contributed by atoms with van der Waals surface area (Å²) >= 11 is 0. The van der Waals surface area contributed by atoms with E-state index in [9.17, 15) is 5.11 Å². The van der Waals surface area contributed by atoms with Gasteiger partial charge in [0.2, 0.25) is 0 Å². The summed E-state index contributed by atoms with van der Waals surface area (Å²) < 4.78 is 5.80. The molecule has 0 aliphatic carbocycles. The van der Waals surface area contributed by atoms with Gasteiger partial charge in [0.1, 0.15) is 5.75 Å². The molecular formula is C14H23NO2. The fraction of sp³-hybridized carbons (Fsp3) is 0.571. The summed E-state index contributed by atoms with van der Waals surface area (Å²) in [4.78, 5) is 1.96. The van der Waals surface area contributed by atoms with Crippen LogP contribution in [-0.2, 0) is 0 Å². The summed E-state index contributed by atoms with van der Waals surface area (Å²) in [5.41, 5.74) is 1.93. The Balaban J connectivity index is 3.01. The van der Waals surface area contributed by atoms with Crippen molar-refractivity contribution in [3.05, 3.63) is 29.3 Å².